The number of carbonyl (C=O) groups excluding carboxylic acids is 1. The lowest BCUT2D eigenvalue weighted by Crippen LogP contribution is -1.90. The smallest absolute Gasteiger partial charge is 0.181 e. The first-order chi connectivity index (χ1) is 5.65. The molecule has 0 aliphatic heterocycles. The Bertz CT molecular complexity index is 319. The van der Waals surface area contributed by atoms with Crippen LogP contribution in [0.15, 0.2) is 10.5 Å². The fourth-order valence-electron chi connectivity index (χ4n) is 0.694. The molecule has 1 heterocycles. The van der Waals surface area contributed by atoms with Crippen molar-refractivity contribution in [2.45, 2.75) is 17.7 Å². The minimum Gasteiger partial charge on any atom is -0.293 e. The van der Waals surface area contributed by atoms with E-state index in [1.807, 2.05) is 0 Å². The minimum atomic E-state index is -1.07. The van der Waals surface area contributed by atoms with Crippen LogP contribution in [0.2, 0.25) is 0 Å². The van der Waals surface area contributed by atoms with Crippen LogP contribution in [0, 0.1) is 0 Å². The molecular formula is C7H9NO2S2. The summed E-state index contributed by atoms with van der Waals surface area (Å²) in [6.07, 6.45) is 3.52. The van der Waals surface area contributed by atoms with Gasteiger partial charge in [-0.15, -0.1) is 11.3 Å². The third-order valence-electron chi connectivity index (χ3n) is 1.33. The summed E-state index contributed by atoms with van der Waals surface area (Å²) in [6.45, 7) is 1.80. The summed E-state index contributed by atoms with van der Waals surface area (Å²) >= 11 is 1.21. The highest BCUT2D eigenvalue weighted by molar-refractivity contribution is 7.86. The summed E-state index contributed by atoms with van der Waals surface area (Å²) in [7, 11) is -1.07. The lowest BCUT2D eigenvalue weighted by molar-refractivity contribution is 0.0992. The summed E-state index contributed by atoms with van der Waals surface area (Å²) in [5.41, 5.74) is 0. The van der Waals surface area contributed by atoms with Gasteiger partial charge in [0.15, 0.2) is 10.1 Å². The number of hydrogen-bond donors (Lipinski definition) is 0. The van der Waals surface area contributed by atoms with Crippen molar-refractivity contribution >= 4 is 27.9 Å². The van der Waals surface area contributed by atoms with Crippen molar-refractivity contribution in [3.63, 3.8) is 0 Å². The number of carbonyl (C=O) groups is 1. The van der Waals surface area contributed by atoms with Crippen molar-refractivity contribution in [2.24, 2.45) is 0 Å². The van der Waals surface area contributed by atoms with Crippen LogP contribution in [-0.4, -0.2) is 21.2 Å². The predicted molar refractivity (Wildman–Crippen MR) is 49.1 cm³/mol. The molecule has 0 amide bonds. The molecule has 66 valence electrons. The molecule has 3 nitrogen and oxygen atoms in total. The molecule has 0 saturated heterocycles. The van der Waals surface area contributed by atoms with Gasteiger partial charge < -0.3 is 0 Å². The van der Waals surface area contributed by atoms with Crippen LogP contribution in [0.5, 0.6) is 0 Å². The molecular weight excluding hydrogens is 194 g/mol. The number of ketones is 1. The van der Waals surface area contributed by atoms with Gasteiger partial charge in [-0.3, -0.25) is 9.00 Å². The Kier molecular flexibility index (Phi) is 3.11. The van der Waals surface area contributed by atoms with Crippen LogP contribution in [0.25, 0.3) is 0 Å². The molecule has 1 aromatic rings. The van der Waals surface area contributed by atoms with Gasteiger partial charge in [0.05, 0.1) is 21.9 Å². The van der Waals surface area contributed by atoms with Crippen molar-refractivity contribution in [2.75, 3.05) is 6.26 Å². The van der Waals surface area contributed by atoms with E-state index < -0.39 is 10.8 Å². The summed E-state index contributed by atoms with van der Waals surface area (Å²) in [6, 6.07) is 0. The molecule has 12 heavy (non-hydrogen) atoms. The largest absolute Gasteiger partial charge is 0.293 e. The van der Waals surface area contributed by atoms with E-state index in [-0.39, 0.29) is 5.78 Å². The number of thiazole rings is 1. The van der Waals surface area contributed by atoms with E-state index >= 15 is 0 Å². The topological polar surface area (TPSA) is 47.0 Å². The van der Waals surface area contributed by atoms with Gasteiger partial charge in [0, 0.05) is 12.7 Å². The number of aromatic nitrogens is 1. The maximum atomic E-state index is 11.1. The molecule has 1 aromatic heterocycles. The number of rotatable bonds is 3. The highest BCUT2D eigenvalue weighted by Gasteiger charge is 2.09. The maximum Gasteiger partial charge on any atom is 0.181 e. The van der Waals surface area contributed by atoms with Crippen LogP contribution in [0.1, 0.15) is 23.0 Å². The first-order valence-corrected chi connectivity index (χ1v) is 5.85. The van der Waals surface area contributed by atoms with Crippen molar-refractivity contribution in [1.29, 1.82) is 0 Å². The molecule has 0 spiro atoms. The zero-order valence-corrected chi connectivity index (χ0v) is 8.50. The standard InChI is InChI=1S/C7H9NO2S2/c1-3-5(9)6-4-8-7(11-6)12(2)10/h4H,3H2,1-2H3. The van der Waals surface area contributed by atoms with Gasteiger partial charge in [0.1, 0.15) is 0 Å². The molecule has 1 unspecified atom stereocenters. The van der Waals surface area contributed by atoms with Crippen LogP contribution in [0.3, 0.4) is 0 Å². The second kappa shape index (κ2) is 3.91. The normalized spacial score (nSPS) is 12.8. The number of Topliss-reactive ketones (excluding diaryl/α,β-unsaturated/α-hetero) is 1. The van der Waals surface area contributed by atoms with Crippen LogP contribution in [-0.2, 0) is 10.8 Å². The fourth-order valence-corrected chi connectivity index (χ4v) is 2.29. The highest BCUT2D eigenvalue weighted by atomic mass is 32.2. The molecule has 0 fully saturated rings. The quantitative estimate of drug-likeness (QED) is 0.699. The fraction of sp³-hybridized carbons (Fsp3) is 0.429. The van der Waals surface area contributed by atoms with Gasteiger partial charge in [-0.05, 0) is 0 Å². The number of nitrogens with zero attached hydrogens (tertiary/aromatic N) is 1. The van der Waals surface area contributed by atoms with Crippen LogP contribution in [0.4, 0.5) is 0 Å². The monoisotopic (exact) mass is 203 g/mol. The lowest BCUT2D eigenvalue weighted by Gasteiger charge is -1.86. The molecule has 0 aliphatic carbocycles. The third kappa shape index (κ3) is 1.98. The van der Waals surface area contributed by atoms with Gasteiger partial charge in [0.25, 0.3) is 0 Å². The van der Waals surface area contributed by atoms with Gasteiger partial charge in [-0.1, -0.05) is 6.92 Å². The van der Waals surface area contributed by atoms with E-state index in [2.05, 4.69) is 4.98 Å². The average molecular weight is 203 g/mol. The zero-order valence-electron chi connectivity index (χ0n) is 6.86. The van der Waals surface area contributed by atoms with Crippen LogP contribution < -0.4 is 0 Å². The molecule has 5 heteroatoms. The minimum absolute atomic E-state index is 0.0594. The molecule has 0 N–H and O–H groups in total. The molecule has 0 saturated carbocycles. The molecule has 1 atom stereocenters. The molecule has 0 bridgehead atoms. The van der Waals surface area contributed by atoms with Gasteiger partial charge >= 0.3 is 0 Å². The second-order valence-corrected chi connectivity index (χ2v) is 4.81. The average Bonchev–Trinajstić information content (AvgIpc) is 2.51. The van der Waals surface area contributed by atoms with Crippen molar-refractivity contribution in [1.82, 2.24) is 4.98 Å². The number of hydrogen-bond acceptors (Lipinski definition) is 4. The van der Waals surface area contributed by atoms with E-state index in [1.54, 1.807) is 13.2 Å². The summed E-state index contributed by atoms with van der Waals surface area (Å²) in [4.78, 5) is 15.6. The Morgan fingerprint density at radius 1 is 1.75 bits per heavy atom. The summed E-state index contributed by atoms with van der Waals surface area (Å²) in [5.74, 6) is 0.0594. The van der Waals surface area contributed by atoms with Gasteiger partial charge in [-0.25, -0.2) is 4.98 Å². The molecule has 1 rings (SSSR count). The molecule has 0 radical (unpaired) electrons. The first-order valence-electron chi connectivity index (χ1n) is 3.47. The van der Waals surface area contributed by atoms with E-state index in [4.69, 9.17) is 0 Å². The van der Waals surface area contributed by atoms with E-state index in [9.17, 15) is 9.00 Å². The van der Waals surface area contributed by atoms with Gasteiger partial charge in [-0.2, -0.15) is 0 Å². The van der Waals surface area contributed by atoms with E-state index in [0.717, 1.165) is 0 Å². The van der Waals surface area contributed by atoms with Gasteiger partial charge in [0.2, 0.25) is 0 Å². The zero-order chi connectivity index (χ0) is 9.14. The van der Waals surface area contributed by atoms with E-state index in [0.29, 0.717) is 15.6 Å². The Morgan fingerprint density at radius 3 is 2.83 bits per heavy atom. The summed E-state index contributed by atoms with van der Waals surface area (Å²) in [5, 5.41) is 0. The highest BCUT2D eigenvalue weighted by Crippen LogP contribution is 2.16. The Hall–Kier alpha value is -0.550. The lowest BCUT2D eigenvalue weighted by atomic mass is 10.3. The maximum absolute atomic E-state index is 11.1. The first kappa shape index (κ1) is 9.54. The Labute approximate surface area is 77.3 Å². The van der Waals surface area contributed by atoms with Crippen molar-refractivity contribution in [3.05, 3.63) is 11.1 Å². The Balaban J connectivity index is 2.91. The van der Waals surface area contributed by atoms with E-state index in [1.165, 1.54) is 17.5 Å². The van der Waals surface area contributed by atoms with Crippen molar-refractivity contribution < 1.29 is 9.00 Å². The summed E-state index contributed by atoms with van der Waals surface area (Å²) < 4.78 is 11.4. The predicted octanol–water partition coefficient (Wildman–Crippen LogP) is 1.47. The van der Waals surface area contributed by atoms with Crippen molar-refractivity contribution in [3.8, 4) is 0 Å². The molecule has 0 aliphatic rings. The molecule has 0 aromatic carbocycles. The Morgan fingerprint density at radius 2 is 2.42 bits per heavy atom. The second-order valence-electron chi connectivity index (χ2n) is 2.22. The van der Waals surface area contributed by atoms with Crippen LogP contribution >= 0.6 is 11.3 Å². The SMILES string of the molecule is CCC(=O)c1cnc(S(C)=O)s1. The third-order valence-corrected chi connectivity index (χ3v) is 3.71.